The Bertz CT molecular complexity index is 1230. The van der Waals surface area contributed by atoms with Crippen LogP contribution in [0.15, 0.2) is 17.7 Å². The number of hydrogen-bond donors (Lipinski definition) is 1. The number of ether oxygens (including phenoxy) is 2. The van der Waals surface area contributed by atoms with Crippen LogP contribution in [0.2, 0.25) is 0 Å². The minimum absolute atomic E-state index is 0.0482. The molecule has 5 nitrogen and oxygen atoms in total. The highest BCUT2D eigenvalue weighted by Gasteiger charge is 2.62. The summed E-state index contributed by atoms with van der Waals surface area (Å²) >= 11 is 0. The minimum Gasteiger partial charge on any atom is -0.481 e. The average Bonchev–Trinajstić information content (AvgIpc) is 3.14. The normalized spacial score (nSPS) is 40.0. The highest BCUT2D eigenvalue weighted by molar-refractivity contribution is 6.10. The fraction of sp³-hybridized carbons (Fsp3) is 0.688. The van der Waals surface area contributed by atoms with Gasteiger partial charge in [0, 0.05) is 30.4 Å². The molecule has 5 heteroatoms. The molecule has 0 amide bonds. The van der Waals surface area contributed by atoms with Gasteiger partial charge in [-0.2, -0.15) is 0 Å². The van der Waals surface area contributed by atoms with E-state index in [0.29, 0.717) is 18.1 Å². The molecule has 0 bridgehead atoms. The molecule has 0 unspecified atom stereocenters. The SMILES string of the molecule is CC[C@]1(C)C2=CC(=O)c3c(cc4c(c3C)OC(C)(C)O4)[C@]2(C)CC[C@@]1(C)[C@@H]1C[C@](C)(C(=O)O)CC[C@H]1C. The molecule has 6 atom stereocenters. The lowest BCUT2D eigenvalue weighted by Crippen LogP contribution is -2.57. The summed E-state index contributed by atoms with van der Waals surface area (Å²) in [7, 11) is 0. The van der Waals surface area contributed by atoms with Gasteiger partial charge in [-0.25, -0.2) is 0 Å². The maximum atomic E-state index is 13.9. The topological polar surface area (TPSA) is 72.8 Å². The predicted octanol–water partition coefficient (Wildman–Crippen LogP) is 7.63. The average molecular weight is 509 g/mol. The van der Waals surface area contributed by atoms with Crippen molar-refractivity contribution in [2.45, 2.75) is 112 Å². The number of carboxylic acids is 1. The van der Waals surface area contributed by atoms with Crippen molar-refractivity contribution in [1.29, 1.82) is 0 Å². The third-order valence-electron chi connectivity index (χ3n) is 11.4. The summed E-state index contributed by atoms with van der Waals surface area (Å²) in [5.41, 5.74) is 2.55. The number of carboxylic acid groups (broad SMARTS) is 1. The van der Waals surface area contributed by atoms with Crippen molar-refractivity contribution in [2.75, 3.05) is 0 Å². The highest BCUT2D eigenvalue weighted by Crippen LogP contribution is 2.69. The Hall–Kier alpha value is -2.30. The van der Waals surface area contributed by atoms with Crippen LogP contribution in [0.3, 0.4) is 0 Å². The molecule has 2 saturated carbocycles. The van der Waals surface area contributed by atoms with Gasteiger partial charge < -0.3 is 14.6 Å². The van der Waals surface area contributed by atoms with Crippen LogP contribution in [0.25, 0.3) is 0 Å². The number of hydrogen-bond acceptors (Lipinski definition) is 4. The lowest BCUT2D eigenvalue weighted by atomic mass is 9.40. The Labute approximate surface area is 222 Å². The molecule has 4 aliphatic rings. The Kier molecular flexibility index (Phi) is 5.59. The zero-order valence-electron chi connectivity index (χ0n) is 24.1. The molecule has 3 aliphatic carbocycles. The first-order valence-corrected chi connectivity index (χ1v) is 14.1. The fourth-order valence-corrected chi connectivity index (χ4v) is 8.67. The molecule has 5 rings (SSSR count). The molecule has 1 aromatic carbocycles. The summed E-state index contributed by atoms with van der Waals surface area (Å²) in [6, 6.07) is 2.07. The van der Waals surface area contributed by atoms with E-state index in [4.69, 9.17) is 9.47 Å². The molecule has 202 valence electrons. The lowest BCUT2D eigenvalue weighted by molar-refractivity contribution is -0.156. The van der Waals surface area contributed by atoms with Gasteiger partial charge in [-0.3, -0.25) is 9.59 Å². The van der Waals surface area contributed by atoms with Crippen molar-refractivity contribution in [2.24, 2.45) is 28.1 Å². The standard InChI is InChI=1S/C32H44O5/c1-10-31(8)24-16-22(33)25-19(3)26-23(36-28(4,5)37-26)15-20(25)30(24,7)13-14-32(31,9)21-17-29(6,27(34)35)12-11-18(21)2/h15-16,18,21H,10-14,17H2,1-9H3,(H,34,35)/t18-,21-,29-,30+,31-,32+/m1/s1. The molecular weight excluding hydrogens is 464 g/mol. The van der Waals surface area contributed by atoms with Crippen molar-refractivity contribution < 1.29 is 24.2 Å². The van der Waals surface area contributed by atoms with Crippen LogP contribution in [-0.4, -0.2) is 22.6 Å². The zero-order valence-corrected chi connectivity index (χ0v) is 24.1. The largest absolute Gasteiger partial charge is 0.481 e. The van der Waals surface area contributed by atoms with Crippen molar-refractivity contribution in [3.05, 3.63) is 34.4 Å². The number of aliphatic carboxylic acids is 1. The summed E-state index contributed by atoms with van der Waals surface area (Å²) in [6.45, 7) is 19.3. The first-order valence-electron chi connectivity index (χ1n) is 14.1. The van der Waals surface area contributed by atoms with Crippen molar-refractivity contribution >= 4 is 11.8 Å². The van der Waals surface area contributed by atoms with E-state index in [9.17, 15) is 14.7 Å². The van der Waals surface area contributed by atoms with Crippen LogP contribution in [-0.2, 0) is 10.2 Å². The maximum absolute atomic E-state index is 13.9. The molecule has 1 aromatic rings. The van der Waals surface area contributed by atoms with E-state index < -0.39 is 17.2 Å². The van der Waals surface area contributed by atoms with Gasteiger partial charge in [0.25, 0.3) is 0 Å². The molecule has 0 saturated heterocycles. The van der Waals surface area contributed by atoms with Crippen LogP contribution in [0.4, 0.5) is 0 Å². The van der Waals surface area contributed by atoms with E-state index in [1.165, 1.54) is 5.57 Å². The third kappa shape index (κ3) is 3.41. The second kappa shape index (κ2) is 7.86. The van der Waals surface area contributed by atoms with Gasteiger partial charge in [-0.05, 0) is 98.3 Å². The van der Waals surface area contributed by atoms with Gasteiger partial charge in [-0.15, -0.1) is 0 Å². The molecule has 37 heavy (non-hydrogen) atoms. The van der Waals surface area contributed by atoms with Crippen molar-refractivity contribution in [3.63, 3.8) is 0 Å². The van der Waals surface area contributed by atoms with Gasteiger partial charge in [0.1, 0.15) is 0 Å². The molecule has 2 fully saturated rings. The molecular formula is C32H44O5. The molecule has 0 radical (unpaired) electrons. The fourth-order valence-electron chi connectivity index (χ4n) is 8.67. The smallest absolute Gasteiger partial charge is 0.309 e. The first kappa shape index (κ1) is 26.3. The summed E-state index contributed by atoms with van der Waals surface area (Å²) < 4.78 is 12.3. The summed E-state index contributed by atoms with van der Waals surface area (Å²) in [6.07, 6.45) is 7.10. The number of benzene rings is 1. The van der Waals surface area contributed by atoms with E-state index in [1.54, 1.807) is 0 Å². The van der Waals surface area contributed by atoms with E-state index in [1.807, 2.05) is 33.8 Å². The number of carbonyl (C=O) groups is 2. The summed E-state index contributed by atoms with van der Waals surface area (Å²) in [5.74, 6) is 0.733. The number of fused-ring (bicyclic) bond motifs is 4. The van der Waals surface area contributed by atoms with Crippen LogP contribution >= 0.6 is 0 Å². The second-order valence-corrected chi connectivity index (χ2v) is 13.9. The Morgan fingerprint density at radius 1 is 1.08 bits per heavy atom. The number of ketones is 1. The molecule has 1 heterocycles. The van der Waals surface area contributed by atoms with Gasteiger partial charge in [-0.1, -0.05) is 34.6 Å². The Morgan fingerprint density at radius 2 is 1.76 bits per heavy atom. The summed E-state index contributed by atoms with van der Waals surface area (Å²) in [4.78, 5) is 26.2. The lowest BCUT2D eigenvalue weighted by Gasteiger charge is -2.64. The highest BCUT2D eigenvalue weighted by atomic mass is 16.7. The van der Waals surface area contributed by atoms with Gasteiger partial charge in [0.2, 0.25) is 5.79 Å². The molecule has 1 aliphatic heterocycles. The maximum Gasteiger partial charge on any atom is 0.309 e. The second-order valence-electron chi connectivity index (χ2n) is 13.9. The van der Waals surface area contributed by atoms with Gasteiger partial charge in [0.15, 0.2) is 17.3 Å². The number of rotatable bonds is 3. The van der Waals surface area contributed by atoms with E-state index in [-0.39, 0.29) is 27.9 Å². The van der Waals surface area contributed by atoms with Crippen molar-refractivity contribution in [3.8, 4) is 11.5 Å². The predicted molar refractivity (Wildman–Crippen MR) is 144 cm³/mol. The van der Waals surface area contributed by atoms with Crippen molar-refractivity contribution in [1.82, 2.24) is 0 Å². The van der Waals surface area contributed by atoms with Gasteiger partial charge >= 0.3 is 5.97 Å². The van der Waals surface area contributed by atoms with E-state index in [2.05, 4.69) is 40.7 Å². The number of carbonyl (C=O) groups excluding carboxylic acids is 1. The monoisotopic (exact) mass is 508 g/mol. The quantitative estimate of drug-likeness (QED) is 0.454. The van der Waals surface area contributed by atoms with Gasteiger partial charge in [0.05, 0.1) is 5.41 Å². The van der Waals surface area contributed by atoms with Crippen LogP contribution < -0.4 is 9.47 Å². The van der Waals surface area contributed by atoms with Crippen LogP contribution in [0.5, 0.6) is 11.5 Å². The van der Waals surface area contributed by atoms with E-state index in [0.717, 1.165) is 54.5 Å². The Morgan fingerprint density at radius 3 is 2.38 bits per heavy atom. The molecule has 0 aromatic heterocycles. The van der Waals surface area contributed by atoms with E-state index >= 15 is 0 Å². The van der Waals surface area contributed by atoms with Crippen LogP contribution in [0.1, 0.15) is 115 Å². The summed E-state index contributed by atoms with van der Waals surface area (Å²) in [5, 5.41) is 10.1. The third-order valence-corrected chi connectivity index (χ3v) is 11.4. The Balaban J connectivity index is 1.64. The first-order chi connectivity index (χ1) is 17.0. The minimum atomic E-state index is -0.756. The van der Waals surface area contributed by atoms with Crippen LogP contribution in [0, 0.1) is 35.0 Å². The number of allylic oxidation sites excluding steroid dienone is 2. The molecule has 1 N–H and O–H groups in total. The zero-order chi connectivity index (χ0) is 27.3. The molecule has 0 spiro atoms.